The van der Waals surface area contributed by atoms with Gasteiger partial charge in [0.1, 0.15) is 37.5 Å². The van der Waals surface area contributed by atoms with Crippen molar-refractivity contribution >= 4 is 59.1 Å². The van der Waals surface area contributed by atoms with Crippen LogP contribution in [0.15, 0.2) is 86.1 Å². The van der Waals surface area contributed by atoms with Crippen LogP contribution in [0.2, 0.25) is 0 Å². The van der Waals surface area contributed by atoms with Crippen LogP contribution < -0.4 is 10.1 Å². The molecular formula is C25H22N4O9S3. The smallest absolute Gasteiger partial charge is 0.296 e. The molecule has 0 aliphatic heterocycles. The second-order valence-corrected chi connectivity index (χ2v) is 12.3. The molecular weight excluding hydrogens is 596 g/mol. The molecule has 0 spiro atoms. The molecule has 41 heavy (non-hydrogen) atoms. The Hall–Kier alpha value is -4.22. The van der Waals surface area contributed by atoms with E-state index in [0.717, 1.165) is 17.4 Å². The lowest BCUT2D eigenvalue weighted by Crippen LogP contribution is -2.15. The molecule has 0 bridgehead atoms. The number of ether oxygens (including phenoxy) is 1. The third-order valence-electron chi connectivity index (χ3n) is 5.62. The fourth-order valence-electron chi connectivity index (χ4n) is 3.77. The Balaban J connectivity index is 1.74. The highest BCUT2D eigenvalue weighted by Gasteiger charge is 2.23. The van der Waals surface area contributed by atoms with Crippen LogP contribution in [0.5, 0.6) is 5.75 Å². The first-order valence-corrected chi connectivity index (χ1v) is 15.2. The minimum Gasteiger partial charge on any atom is -0.510 e. The summed E-state index contributed by atoms with van der Waals surface area (Å²) in [5.41, 5.74) is -0.181. The lowest BCUT2D eigenvalue weighted by molar-refractivity contribution is -0.113. The number of thiazole rings is 1. The molecule has 1 aromatic heterocycles. The summed E-state index contributed by atoms with van der Waals surface area (Å²) in [5.74, 6) is -1.06. The van der Waals surface area contributed by atoms with Gasteiger partial charge in [-0.05, 0) is 55.8 Å². The topological polar surface area (TPSA) is 205 Å². The summed E-state index contributed by atoms with van der Waals surface area (Å²) < 4.78 is 73.5. The summed E-state index contributed by atoms with van der Waals surface area (Å²) in [5, 5.41) is 20.3. The first-order chi connectivity index (χ1) is 19.2. The molecule has 4 rings (SSSR count). The van der Waals surface area contributed by atoms with Crippen molar-refractivity contribution in [1.29, 1.82) is 0 Å². The zero-order valence-electron chi connectivity index (χ0n) is 21.6. The van der Waals surface area contributed by atoms with Crippen molar-refractivity contribution in [2.75, 3.05) is 12.4 Å². The quantitative estimate of drug-likeness (QED) is 0.0869. The van der Waals surface area contributed by atoms with Crippen LogP contribution >= 0.6 is 11.3 Å². The zero-order chi connectivity index (χ0) is 30.1. The summed E-state index contributed by atoms with van der Waals surface area (Å²) in [4.78, 5) is 16.0. The Kier molecular flexibility index (Phi) is 8.23. The Morgan fingerprint density at radius 3 is 2.37 bits per heavy atom. The predicted molar refractivity (Wildman–Crippen MR) is 151 cm³/mol. The van der Waals surface area contributed by atoms with Gasteiger partial charge in [-0.3, -0.25) is 13.9 Å². The van der Waals surface area contributed by atoms with E-state index < -0.39 is 42.5 Å². The molecule has 16 heteroatoms. The summed E-state index contributed by atoms with van der Waals surface area (Å²) in [7, 11) is -8.09. The van der Waals surface area contributed by atoms with Crippen molar-refractivity contribution in [3.8, 4) is 16.3 Å². The number of carbonyl (C=O) groups is 1. The third kappa shape index (κ3) is 6.41. The molecule has 0 saturated heterocycles. The third-order valence-corrected chi connectivity index (χ3v) is 8.61. The predicted octanol–water partition coefficient (Wildman–Crippen LogP) is 5.29. The number of anilines is 1. The maximum Gasteiger partial charge on any atom is 0.296 e. The summed E-state index contributed by atoms with van der Waals surface area (Å²) in [6, 6.07) is 13.2. The van der Waals surface area contributed by atoms with Gasteiger partial charge in [0, 0.05) is 5.56 Å². The number of hydrogen-bond acceptors (Lipinski definition) is 11. The number of methoxy groups -OCH3 is 1. The van der Waals surface area contributed by atoms with Crippen LogP contribution in [0.25, 0.3) is 20.8 Å². The molecule has 1 amide bonds. The van der Waals surface area contributed by atoms with Crippen molar-refractivity contribution in [2.24, 2.45) is 10.2 Å². The van der Waals surface area contributed by atoms with E-state index in [-0.39, 0.29) is 37.9 Å². The Labute approximate surface area is 238 Å². The van der Waals surface area contributed by atoms with Crippen LogP contribution in [0.4, 0.5) is 11.4 Å². The molecule has 214 valence electrons. The minimum absolute atomic E-state index is 0.000992. The number of rotatable bonds is 8. The Bertz CT molecular complexity index is 1960. The number of nitrogens with one attached hydrogen (secondary N) is 1. The number of nitrogens with zero attached hydrogens (tertiary/aromatic N) is 3. The first-order valence-electron chi connectivity index (χ1n) is 11.5. The van der Waals surface area contributed by atoms with Crippen LogP contribution in [-0.2, 0) is 25.0 Å². The van der Waals surface area contributed by atoms with E-state index in [1.54, 1.807) is 30.3 Å². The number of para-hydroxylation sites is 2. The maximum atomic E-state index is 12.8. The summed E-state index contributed by atoms with van der Waals surface area (Å²) in [6.07, 6.45) is 0. The SMILES string of the molecule is COc1ccccc1NC(=O)C(N=Nc1ccc(-c2nc3c(S(=O)(=O)O)c(C)ccc3s2)cc1S(=O)(=O)O)=C(C)O. The minimum atomic E-state index is -4.89. The van der Waals surface area contributed by atoms with Gasteiger partial charge < -0.3 is 15.2 Å². The van der Waals surface area contributed by atoms with Crippen LogP contribution in [0, 0.1) is 6.92 Å². The average Bonchev–Trinajstić information content (AvgIpc) is 3.31. The number of allylic oxidation sites excluding steroid dienone is 1. The van der Waals surface area contributed by atoms with Gasteiger partial charge in [0.05, 0.1) is 17.5 Å². The van der Waals surface area contributed by atoms with Crippen molar-refractivity contribution in [2.45, 2.75) is 23.6 Å². The largest absolute Gasteiger partial charge is 0.510 e. The van der Waals surface area contributed by atoms with Gasteiger partial charge in [-0.15, -0.1) is 21.6 Å². The molecule has 0 aliphatic carbocycles. The fourth-order valence-corrected chi connectivity index (χ4v) is 6.33. The van der Waals surface area contributed by atoms with Gasteiger partial charge in [-0.25, -0.2) is 4.98 Å². The van der Waals surface area contributed by atoms with Gasteiger partial charge >= 0.3 is 0 Å². The normalized spacial score (nSPS) is 12.9. The first kappa shape index (κ1) is 29.8. The average molecular weight is 619 g/mol. The van der Waals surface area contributed by atoms with Gasteiger partial charge in [0.15, 0.2) is 5.70 Å². The molecule has 0 aliphatic rings. The molecule has 0 atom stereocenters. The van der Waals surface area contributed by atoms with Gasteiger partial charge in [-0.2, -0.15) is 16.8 Å². The fraction of sp³-hybridized carbons (Fsp3) is 0.120. The highest BCUT2D eigenvalue weighted by molar-refractivity contribution is 7.86. The Morgan fingerprint density at radius 1 is 1.02 bits per heavy atom. The zero-order valence-corrected chi connectivity index (χ0v) is 24.0. The van der Waals surface area contributed by atoms with Gasteiger partial charge in [0.2, 0.25) is 0 Å². The maximum absolute atomic E-state index is 12.8. The molecule has 0 saturated carbocycles. The highest BCUT2D eigenvalue weighted by Crippen LogP contribution is 2.37. The van der Waals surface area contributed by atoms with E-state index in [2.05, 4.69) is 20.5 Å². The van der Waals surface area contributed by atoms with Crippen molar-refractivity contribution in [3.63, 3.8) is 0 Å². The number of aliphatic hydroxyl groups excluding tert-OH is 1. The van der Waals surface area contributed by atoms with Crippen molar-refractivity contribution in [1.82, 2.24) is 4.98 Å². The summed E-state index contributed by atoms with van der Waals surface area (Å²) >= 11 is 1.02. The van der Waals surface area contributed by atoms with Crippen molar-refractivity contribution in [3.05, 3.63) is 71.6 Å². The molecule has 4 N–H and O–H groups in total. The van der Waals surface area contributed by atoms with Crippen molar-refractivity contribution < 1.29 is 40.6 Å². The molecule has 4 aromatic rings. The number of fused-ring (bicyclic) bond motifs is 1. The van der Waals surface area contributed by atoms with E-state index in [0.29, 0.717) is 10.4 Å². The standard InChI is InChI=1S/C25H22N4O9S3/c1-13-8-11-19-22(23(13)41(35,36)37)27-25(39-19)15-9-10-17(20(12-15)40(32,33)34)28-29-21(14(2)30)24(31)26-16-6-4-5-7-18(16)38-3/h4-12,30H,1-3H3,(H,26,31)(H,32,33,34)(H,35,36,37). The highest BCUT2D eigenvalue weighted by atomic mass is 32.2. The monoisotopic (exact) mass is 618 g/mol. The number of amides is 1. The number of carbonyl (C=O) groups excluding carboxylic acids is 1. The number of benzene rings is 3. The number of aliphatic hydroxyl groups is 1. The number of azo groups is 1. The van der Waals surface area contributed by atoms with E-state index in [4.69, 9.17) is 4.74 Å². The lowest BCUT2D eigenvalue weighted by atomic mass is 10.2. The van der Waals surface area contributed by atoms with E-state index in [1.807, 2.05) is 0 Å². The second-order valence-electron chi connectivity index (χ2n) is 8.50. The number of aromatic nitrogens is 1. The van der Waals surface area contributed by atoms with Crippen LogP contribution in [0.1, 0.15) is 12.5 Å². The lowest BCUT2D eigenvalue weighted by Gasteiger charge is -2.10. The molecule has 3 aromatic carbocycles. The number of aryl methyl sites for hydroxylation is 1. The van der Waals surface area contributed by atoms with Crippen LogP contribution in [-0.4, -0.2) is 49.0 Å². The number of hydrogen-bond donors (Lipinski definition) is 4. The molecule has 13 nitrogen and oxygen atoms in total. The molecule has 1 heterocycles. The summed E-state index contributed by atoms with van der Waals surface area (Å²) in [6.45, 7) is 2.67. The van der Waals surface area contributed by atoms with E-state index >= 15 is 0 Å². The molecule has 0 radical (unpaired) electrons. The van der Waals surface area contributed by atoms with E-state index in [9.17, 15) is 35.8 Å². The second kappa shape index (κ2) is 11.3. The van der Waals surface area contributed by atoms with E-state index in [1.165, 1.54) is 39.2 Å². The van der Waals surface area contributed by atoms with Gasteiger partial charge in [0.25, 0.3) is 26.1 Å². The molecule has 0 unspecified atom stereocenters. The Morgan fingerprint density at radius 2 is 1.73 bits per heavy atom. The van der Waals surface area contributed by atoms with Gasteiger partial charge in [-0.1, -0.05) is 18.2 Å². The molecule has 0 fully saturated rings. The van der Waals surface area contributed by atoms with Crippen LogP contribution in [0.3, 0.4) is 0 Å².